The lowest BCUT2D eigenvalue weighted by Gasteiger charge is -2.21. The summed E-state index contributed by atoms with van der Waals surface area (Å²) in [7, 11) is 1.36. The van der Waals surface area contributed by atoms with Gasteiger partial charge in [0.1, 0.15) is 6.54 Å². The summed E-state index contributed by atoms with van der Waals surface area (Å²) in [6.45, 7) is 2.74. The molecule has 0 unspecified atom stereocenters. The average molecular weight is 255 g/mol. The minimum Gasteiger partial charge on any atom is -0.468 e. The molecule has 0 aromatic heterocycles. The van der Waals surface area contributed by atoms with Gasteiger partial charge in [-0.15, -0.1) is 0 Å². The molecule has 0 aliphatic heterocycles. The molecule has 1 fully saturated rings. The molecule has 0 heterocycles. The Labute approximate surface area is 110 Å². The van der Waals surface area contributed by atoms with Gasteiger partial charge in [-0.25, -0.2) is 0 Å². The third-order valence-electron chi connectivity index (χ3n) is 3.64. The predicted molar refractivity (Wildman–Crippen MR) is 70.1 cm³/mol. The van der Waals surface area contributed by atoms with Crippen LogP contribution in [0.4, 0.5) is 0 Å². The molecule has 0 aromatic carbocycles. The second kappa shape index (κ2) is 8.11. The van der Waals surface area contributed by atoms with Gasteiger partial charge < -0.3 is 9.64 Å². The van der Waals surface area contributed by atoms with Gasteiger partial charge in [0.25, 0.3) is 0 Å². The molecule has 1 aliphatic rings. The molecular formula is C14H25NO3. The van der Waals surface area contributed by atoms with E-state index < -0.39 is 0 Å². The number of carbonyl (C=O) groups is 2. The maximum atomic E-state index is 12.1. The predicted octanol–water partition coefficient (Wildman–Crippen LogP) is 2.37. The van der Waals surface area contributed by atoms with Crippen molar-refractivity contribution in [2.75, 3.05) is 20.2 Å². The Morgan fingerprint density at radius 2 is 1.94 bits per heavy atom. The highest BCUT2D eigenvalue weighted by atomic mass is 16.5. The van der Waals surface area contributed by atoms with Gasteiger partial charge in [-0.05, 0) is 18.8 Å². The number of hydrogen-bond donors (Lipinski definition) is 0. The highest BCUT2D eigenvalue weighted by molar-refractivity contribution is 5.82. The number of carbonyl (C=O) groups excluding carboxylic acids is 2. The molecule has 4 heteroatoms. The van der Waals surface area contributed by atoms with Crippen LogP contribution in [-0.4, -0.2) is 37.0 Å². The minimum absolute atomic E-state index is 0.0911. The Hall–Kier alpha value is -1.06. The van der Waals surface area contributed by atoms with E-state index in [0.717, 1.165) is 18.8 Å². The largest absolute Gasteiger partial charge is 0.468 e. The van der Waals surface area contributed by atoms with Crippen molar-refractivity contribution in [2.24, 2.45) is 5.92 Å². The summed E-state index contributed by atoms with van der Waals surface area (Å²) >= 11 is 0. The van der Waals surface area contributed by atoms with E-state index in [1.165, 1.54) is 32.8 Å². The summed E-state index contributed by atoms with van der Waals surface area (Å²) in [5, 5.41) is 0. The Balaban J connectivity index is 2.35. The molecular weight excluding hydrogens is 230 g/mol. The van der Waals surface area contributed by atoms with Crippen LogP contribution in [0.2, 0.25) is 0 Å². The van der Waals surface area contributed by atoms with E-state index in [9.17, 15) is 9.59 Å². The average Bonchev–Trinajstić information content (AvgIpc) is 2.88. The molecule has 1 saturated carbocycles. The van der Waals surface area contributed by atoms with Gasteiger partial charge >= 0.3 is 5.97 Å². The molecule has 0 aromatic rings. The first kappa shape index (κ1) is 15.0. The molecule has 1 rings (SSSR count). The van der Waals surface area contributed by atoms with Gasteiger partial charge in [-0.3, -0.25) is 9.59 Å². The van der Waals surface area contributed by atoms with E-state index in [1.54, 1.807) is 4.90 Å². The molecule has 0 bridgehead atoms. The fourth-order valence-corrected chi connectivity index (χ4v) is 2.57. The number of amides is 1. The molecule has 104 valence electrons. The maximum Gasteiger partial charge on any atom is 0.325 e. The lowest BCUT2D eigenvalue weighted by molar-refractivity contribution is -0.147. The molecule has 1 amide bonds. The van der Waals surface area contributed by atoms with Crippen LogP contribution in [0, 0.1) is 5.92 Å². The molecule has 0 atom stereocenters. The summed E-state index contributed by atoms with van der Waals surface area (Å²) in [4.78, 5) is 24.9. The van der Waals surface area contributed by atoms with E-state index in [-0.39, 0.29) is 18.4 Å². The van der Waals surface area contributed by atoms with Crippen molar-refractivity contribution < 1.29 is 14.3 Å². The van der Waals surface area contributed by atoms with E-state index in [4.69, 9.17) is 0 Å². The molecule has 0 saturated heterocycles. The van der Waals surface area contributed by atoms with Crippen molar-refractivity contribution in [3.8, 4) is 0 Å². The van der Waals surface area contributed by atoms with Gasteiger partial charge in [0.05, 0.1) is 7.11 Å². The number of hydrogen-bond acceptors (Lipinski definition) is 3. The van der Waals surface area contributed by atoms with Crippen molar-refractivity contribution in [3.05, 3.63) is 0 Å². The van der Waals surface area contributed by atoms with Gasteiger partial charge in [-0.1, -0.05) is 32.6 Å². The quantitative estimate of drug-likeness (QED) is 0.656. The number of methoxy groups -OCH3 is 1. The number of ether oxygens (including phenoxy) is 1. The number of esters is 1. The summed E-state index contributed by atoms with van der Waals surface area (Å²) in [6.07, 6.45) is 7.55. The molecule has 4 nitrogen and oxygen atoms in total. The third kappa shape index (κ3) is 5.07. The fourth-order valence-electron chi connectivity index (χ4n) is 2.57. The van der Waals surface area contributed by atoms with Crippen LogP contribution in [0.1, 0.15) is 51.9 Å². The van der Waals surface area contributed by atoms with Crippen molar-refractivity contribution in [1.82, 2.24) is 4.90 Å². The lowest BCUT2D eigenvalue weighted by atomic mass is 10.0. The summed E-state index contributed by atoms with van der Waals surface area (Å²) < 4.78 is 4.62. The highest BCUT2D eigenvalue weighted by Gasteiger charge is 2.20. The zero-order chi connectivity index (χ0) is 13.4. The molecule has 18 heavy (non-hydrogen) atoms. The second-order valence-electron chi connectivity index (χ2n) is 5.08. The van der Waals surface area contributed by atoms with Crippen molar-refractivity contribution in [2.45, 2.75) is 51.9 Å². The van der Waals surface area contributed by atoms with Crippen LogP contribution in [0.3, 0.4) is 0 Å². The van der Waals surface area contributed by atoms with Gasteiger partial charge in [0.15, 0.2) is 0 Å². The Morgan fingerprint density at radius 3 is 2.50 bits per heavy atom. The van der Waals surface area contributed by atoms with E-state index in [0.29, 0.717) is 13.0 Å². The monoisotopic (exact) mass is 255 g/mol. The number of nitrogens with zero attached hydrogens (tertiary/aromatic N) is 1. The van der Waals surface area contributed by atoms with Gasteiger partial charge in [0, 0.05) is 13.0 Å². The molecule has 0 radical (unpaired) electrons. The first-order chi connectivity index (χ1) is 8.67. The van der Waals surface area contributed by atoms with E-state index in [2.05, 4.69) is 4.74 Å². The normalized spacial score (nSPS) is 15.7. The van der Waals surface area contributed by atoms with Crippen molar-refractivity contribution >= 4 is 11.9 Å². The lowest BCUT2D eigenvalue weighted by Crippen LogP contribution is -2.36. The van der Waals surface area contributed by atoms with Crippen molar-refractivity contribution in [1.29, 1.82) is 0 Å². The van der Waals surface area contributed by atoms with Crippen LogP contribution in [0.25, 0.3) is 0 Å². The molecule has 0 N–H and O–H groups in total. The Kier molecular flexibility index (Phi) is 6.76. The van der Waals surface area contributed by atoms with Crippen molar-refractivity contribution in [3.63, 3.8) is 0 Å². The van der Waals surface area contributed by atoms with E-state index >= 15 is 0 Å². The third-order valence-corrected chi connectivity index (χ3v) is 3.64. The summed E-state index contributed by atoms with van der Waals surface area (Å²) in [5.74, 6) is 0.474. The Morgan fingerprint density at radius 1 is 1.28 bits per heavy atom. The topological polar surface area (TPSA) is 46.6 Å². The smallest absolute Gasteiger partial charge is 0.325 e. The van der Waals surface area contributed by atoms with Crippen LogP contribution in [0.15, 0.2) is 0 Å². The Bertz CT molecular complexity index is 272. The molecule has 0 spiro atoms. The zero-order valence-electron chi connectivity index (χ0n) is 11.6. The number of rotatable bonds is 7. The van der Waals surface area contributed by atoms with Gasteiger partial charge in [0.2, 0.25) is 5.91 Å². The van der Waals surface area contributed by atoms with Crippen LogP contribution < -0.4 is 0 Å². The zero-order valence-corrected chi connectivity index (χ0v) is 11.6. The standard InChI is InChI=1S/C14H25NO3/c1-3-10-15(11-14(17)18-2)13(16)9-8-12-6-4-5-7-12/h12H,3-11H2,1-2H3. The summed E-state index contributed by atoms with van der Waals surface area (Å²) in [6, 6.07) is 0. The van der Waals surface area contributed by atoms with Crippen LogP contribution in [0.5, 0.6) is 0 Å². The van der Waals surface area contributed by atoms with E-state index in [1.807, 2.05) is 6.92 Å². The highest BCUT2D eigenvalue weighted by Crippen LogP contribution is 2.28. The summed E-state index contributed by atoms with van der Waals surface area (Å²) in [5.41, 5.74) is 0. The van der Waals surface area contributed by atoms with Crippen LogP contribution >= 0.6 is 0 Å². The van der Waals surface area contributed by atoms with Gasteiger partial charge in [-0.2, -0.15) is 0 Å². The second-order valence-corrected chi connectivity index (χ2v) is 5.08. The van der Waals surface area contributed by atoms with Crippen LogP contribution in [-0.2, 0) is 14.3 Å². The maximum absolute atomic E-state index is 12.1. The minimum atomic E-state index is -0.335. The fraction of sp³-hybridized carbons (Fsp3) is 0.857. The molecule has 1 aliphatic carbocycles. The first-order valence-electron chi connectivity index (χ1n) is 7.02. The SMILES string of the molecule is CCCN(CC(=O)OC)C(=O)CCC1CCCC1. The first-order valence-corrected chi connectivity index (χ1v) is 7.02.